The lowest BCUT2D eigenvalue weighted by Crippen LogP contribution is -2.42. The van der Waals surface area contributed by atoms with Gasteiger partial charge >= 0.3 is 0 Å². The van der Waals surface area contributed by atoms with Crippen LogP contribution in [0.3, 0.4) is 0 Å². The zero-order chi connectivity index (χ0) is 21.0. The minimum Gasteiger partial charge on any atom is -0.497 e. The Balaban J connectivity index is 1.54. The zero-order valence-corrected chi connectivity index (χ0v) is 17.7. The van der Waals surface area contributed by atoms with E-state index in [-0.39, 0.29) is 22.2 Å². The van der Waals surface area contributed by atoms with Gasteiger partial charge in [0.2, 0.25) is 5.91 Å². The van der Waals surface area contributed by atoms with Crippen molar-refractivity contribution in [1.82, 2.24) is 4.90 Å². The number of carbonyl (C=O) groups is 1. The molecule has 1 aliphatic heterocycles. The van der Waals surface area contributed by atoms with Crippen molar-refractivity contribution in [3.8, 4) is 5.75 Å². The number of amides is 1. The molecule has 8 heteroatoms. The summed E-state index contributed by atoms with van der Waals surface area (Å²) < 4.78 is 44.3. The second-order valence-corrected chi connectivity index (χ2v) is 9.68. The van der Waals surface area contributed by atoms with E-state index in [4.69, 9.17) is 16.3 Å². The number of hydrogen-bond acceptors (Lipinski definition) is 4. The number of aryl methyl sites for hydroxylation is 1. The molecule has 1 saturated heterocycles. The molecule has 1 aliphatic rings. The molecule has 29 heavy (non-hydrogen) atoms. The maximum atomic E-state index is 13.5. The van der Waals surface area contributed by atoms with Gasteiger partial charge in [0.15, 0.2) is 9.84 Å². The summed E-state index contributed by atoms with van der Waals surface area (Å²) in [7, 11) is -1.92. The van der Waals surface area contributed by atoms with E-state index < -0.39 is 20.9 Å². The van der Waals surface area contributed by atoms with Crippen LogP contribution in [-0.2, 0) is 21.1 Å². The van der Waals surface area contributed by atoms with Crippen molar-refractivity contribution in [3.63, 3.8) is 0 Å². The minimum atomic E-state index is -3.45. The van der Waals surface area contributed by atoms with Gasteiger partial charge in [-0.3, -0.25) is 4.79 Å². The van der Waals surface area contributed by atoms with Gasteiger partial charge < -0.3 is 9.64 Å². The Hall–Kier alpha value is -2.12. The molecule has 0 atom stereocenters. The highest BCUT2D eigenvalue weighted by Crippen LogP contribution is 2.26. The first-order valence-corrected chi connectivity index (χ1v) is 11.3. The number of ether oxygens (including phenoxy) is 1. The summed E-state index contributed by atoms with van der Waals surface area (Å²) in [5.74, 6) is 0.0479. The van der Waals surface area contributed by atoms with Crippen LogP contribution in [0, 0.1) is 5.82 Å². The molecule has 0 aliphatic carbocycles. The predicted molar refractivity (Wildman–Crippen MR) is 110 cm³/mol. The number of benzene rings is 2. The van der Waals surface area contributed by atoms with Gasteiger partial charge in [0.1, 0.15) is 11.6 Å². The number of sulfone groups is 1. The maximum absolute atomic E-state index is 13.5. The molecule has 2 aromatic carbocycles. The second kappa shape index (κ2) is 9.13. The van der Waals surface area contributed by atoms with Crippen molar-refractivity contribution in [1.29, 1.82) is 0 Å². The predicted octanol–water partition coefficient (Wildman–Crippen LogP) is 3.89. The summed E-state index contributed by atoms with van der Waals surface area (Å²) in [5, 5.41) is -0.453. The van der Waals surface area contributed by atoms with Gasteiger partial charge in [-0.25, -0.2) is 12.8 Å². The number of halogens is 2. The van der Waals surface area contributed by atoms with Crippen LogP contribution in [0.4, 0.5) is 4.39 Å². The lowest BCUT2D eigenvalue weighted by molar-refractivity contribution is -0.132. The van der Waals surface area contributed by atoms with Crippen molar-refractivity contribution >= 4 is 27.3 Å². The number of rotatable bonds is 6. The minimum absolute atomic E-state index is 0.0550. The summed E-state index contributed by atoms with van der Waals surface area (Å²) in [6.07, 6.45) is 1.46. The van der Waals surface area contributed by atoms with Crippen molar-refractivity contribution in [2.75, 3.05) is 20.2 Å². The second-order valence-electron chi connectivity index (χ2n) is 7.05. The number of carbonyl (C=O) groups excluding carboxylic acids is 1. The molecule has 0 radical (unpaired) electrons. The molecular weight excluding hydrogens is 417 g/mol. The van der Waals surface area contributed by atoms with E-state index in [1.165, 1.54) is 19.2 Å². The first kappa shape index (κ1) is 21.6. The Morgan fingerprint density at radius 1 is 1.17 bits per heavy atom. The van der Waals surface area contributed by atoms with Gasteiger partial charge in [0.25, 0.3) is 0 Å². The molecule has 3 rings (SSSR count). The van der Waals surface area contributed by atoms with Gasteiger partial charge in [-0.05, 0) is 61.2 Å². The monoisotopic (exact) mass is 439 g/mol. The Labute approximate surface area is 175 Å². The molecule has 0 spiro atoms. The van der Waals surface area contributed by atoms with E-state index in [9.17, 15) is 17.6 Å². The van der Waals surface area contributed by atoms with Crippen molar-refractivity contribution in [3.05, 3.63) is 58.9 Å². The highest BCUT2D eigenvalue weighted by atomic mass is 35.5. The lowest BCUT2D eigenvalue weighted by atomic mass is 10.1. The van der Waals surface area contributed by atoms with E-state index in [0.717, 1.165) is 0 Å². The first-order chi connectivity index (χ1) is 13.8. The van der Waals surface area contributed by atoms with Crippen LogP contribution in [-0.4, -0.2) is 44.7 Å². The van der Waals surface area contributed by atoms with Gasteiger partial charge in [0, 0.05) is 19.5 Å². The summed E-state index contributed by atoms with van der Waals surface area (Å²) in [5.41, 5.74) is 0.706. The van der Waals surface area contributed by atoms with E-state index in [1.54, 1.807) is 35.2 Å². The number of nitrogens with zero attached hydrogens (tertiary/aromatic N) is 1. The summed E-state index contributed by atoms with van der Waals surface area (Å²) in [6, 6.07) is 10.9. The average molecular weight is 440 g/mol. The molecule has 0 unspecified atom stereocenters. The van der Waals surface area contributed by atoms with Gasteiger partial charge in [0.05, 0.1) is 22.3 Å². The Bertz CT molecular complexity index is 971. The van der Waals surface area contributed by atoms with Crippen LogP contribution < -0.4 is 4.74 Å². The van der Waals surface area contributed by atoms with Gasteiger partial charge in [-0.2, -0.15) is 0 Å². The van der Waals surface area contributed by atoms with Crippen molar-refractivity contribution < 1.29 is 22.3 Å². The molecule has 0 bridgehead atoms. The number of methoxy groups -OCH3 is 1. The van der Waals surface area contributed by atoms with Crippen LogP contribution in [0.15, 0.2) is 47.4 Å². The summed E-state index contributed by atoms with van der Waals surface area (Å²) in [4.78, 5) is 14.4. The maximum Gasteiger partial charge on any atom is 0.222 e. The number of hydrogen-bond donors (Lipinski definition) is 0. The van der Waals surface area contributed by atoms with E-state index >= 15 is 0 Å². The largest absolute Gasteiger partial charge is 0.497 e. The van der Waals surface area contributed by atoms with Crippen LogP contribution in [0.25, 0.3) is 0 Å². The highest BCUT2D eigenvalue weighted by molar-refractivity contribution is 7.92. The Morgan fingerprint density at radius 2 is 1.83 bits per heavy atom. The Kier molecular flexibility index (Phi) is 6.80. The normalized spacial score (nSPS) is 15.3. The topological polar surface area (TPSA) is 63.7 Å². The van der Waals surface area contributed by atoms with Crippen molar-refractivity contribution in [2.24, 2.45) is 0 Å². The third kappa shape index (κ3) is 5.08. The van der Waals surface area contributed by atoms with E-state index in [0.29, 0.717) is 43.7 Å². The standard InChI is InChI=1S/C21H23ClFNO4S/c1-28-16-4-6-17(7-5-16)29(26,27)18-10-12-24(13-11-18)21(25)9-3-15-2-8-19(22)20(23)14-15/h2,4-8,14,18H,3,9-13H2,1H3. The highest BCUT2D eigenvalue weighted by Gasteiger charge is 2.32. The molecule has 0 N–H and O–H groups in total. The fraction of sp³-hybridized carbons (Fsp3) is 0.381. The van der Waals surface area contributed by atoms with E-state index in [2.05, 4.69) is 0 Å². The fourth-order valence-corrected chi connectivity index (χ4v) is 5.33. The molecule has 1 amide bonds. The van der Waals surface area contributed by atoms with Crippen molar-refractivity contribution in [2.45, 2.75) is 35.8 Å². The molecule has 0 saturated carbocycles. The summed E-state index contributed by atoms with van der Waals surface area (Å²) >= 11 is 5.67. The van der Waals surface area contributed by atoms with Crippen LogP contribution in [0.5, 0.6) is 5.75 Å². The first-order valence-electron chi connectivity index (χ1n) is 9.41. The van der Waals surface area contributed by atoms with Gasteiger partial charge in [-0.15, -0.1) is 0 Å². The smallest absolute Gasteiger partial charge is 0.222 e. The quantitative estimate of drug-likeness (QED) is 0.685. The molecule has 1 heterocycles. The molecule has 156 valence electrons. The molecule has 2 aromatic rings. The van der Waals surface area contributed by atoms with Gasteiger partial charge in [-0.1, -0.05) is 17.7 Å². The summed E-state index contributed by atoms with van der Waals surface area (Å²) in [6.45, 7) is 0.793. The number of likely N-dealkylation sites (tertiary alicyclic amines) is 1. The van der Waals surface area contributed by atoms with E-state index in [1.807, 2.05) is 0 Å². The third-order valence-corrected chi connectivity index (χ3v) is 7.82. The average Bonchev–Trinajstić information content (AvgIpc) is 2.74. The Morgan fingerprint density at radius 3 is 2.41 bits per heavy atom. The van der Waals surface area contributed by atoms with Crippen LogP contribution in [0.2, 0.25) is 5.02 Å². The molecule has 5 nitrogen and oxygen atoms in total. The third-order valence-electron chi connectivity index (χ3n) is 5.23. The fourth-order valence-electron chi connectivity index (χ4n) is 3.48. The lowest BCUT2D eigenvalue weighted by Gasteiger charge is -2.32. The molecular formula is C21H23ClFNO4S. The van der Waals surface area contributed by atoms with Crippen LogP contribution >= 0.6 is 11.6 Å². The zero-order valence-electron chi connectivity index (χ0n) is 16.1. The number of piperidine rings is 1. The van der Waals surface area contributed by atoms with Crippen LogP contribution in [0.1, 0.15) is 24.8 Å². The molecule has 0 aromatic heterocycles. The SMILES string of the molecule is COc1ccc(S(=O)(=O)C2CCN(C(=O)CCc3ccc(Cl)c(F)c3)CC2)cc1. The molecule has 1 fully saturated rings.